The van der Waals surface area contributed by atoms with Crippen LogP contribution in [0.1, 0.15) is 39.5 Å². The van der Waals surface area contributed by atoms with E-state index in [1.807, 2.05) is 0 Å². The molecule has 3 N–H and O–H groups in total. The van der Waals surface area contributed by atoms with Gasteiger partial charge in [-0.2, -0.15) is 0 Å². The van der Waals surface area contributed by atoms with E-state index in [0.717, 1.165) is 38.8 Å². The van der Waals surface area contributed by atoms with Crippen LogP contribution in [0.2, 0.25) is 0 Å². The Hall–Kier alpha value is -1.17. The van der Waals surface area contributed by atoms with Crippen LogP contribution in [0, 0.1) is 18.3 Å². The molecule has 0 aromatic rings. The van der Waals surface area contributed by atoms with E-state index in [9.17, 15) is 0 Å². The molecular weight excluding hydrogens is 186 g/mol. The van der Waals surface area contributed by atoms with Gasteiger partial charge in [-0.15, -0.1) is 12.3 Å². The van der Waals surface area contributed by atoms with Crippen LogP contribution in [0.15, 0.2) is 4.99 Å². The van der Waals surface area contributed by atoms with Crippen LogP contribution in [0.4, 0.5) is 0 Å². The lowest BCUT2D eigenvalue weighted by atomic mass is 10.1. The van der Waals surface area contributed by atoms with Crippen LogP contribution in [-0.2, 0) is 0 Å². The molecule has 0 atom stereocenters. The van der Waals surface area contributed by atoms with E-state index in [0.29, 0.717) is 11.9 Å². The zero-order chi connectivity index (χ0) is 11.5. The Morgan fingerprint density at radius 2 is 2.20 bits per heavy atom. The Morgan fingerprint density at radius 1 is 1.47 bits per heavy atom. The molecule has 0 bridgehead atoms. The molecule has 0 saturated carbocycles. The first-order valence-corrected chi connectivity index (χ1v) is 5.64. The van der Waals surface area contributed by atoms with E-state index in [2.05, 4.69) is 30.1 Å². The second kappa shape index (κ2) is 9.39. The molecule has 0 aliphatic heterocycles. The van der Waals surface area contributed by atoms with Gasteiger partial charge in [0.25, 0.3) is 0 Å². The molecule has 0 fully saturated rings. The summed E-state index contributed by atoms with van der Waals surface area (Å²) in [5.74, 6) is 3.85. The maximum absolute atomic E-state index is 5.67. The summed E-state index contributed by atoms with van der Waals surface area (Å²) < 4.78 is 0. The summed E-state index contributed by atoms with van der Waals surface area (Å²) in [5.41, 5.74) is 5.67. The minimum atomic E-state index is 0.552. The van der Waals surface area contributed by atoms with Crippen molar-refractivity contribution in [2.45, 2.75) is 39.5 Å². The van der Waals surface area contributed by atoms with Gasteiger partial charge < -0.3 is 11.1 Å². The molecule has 3 nitrogen and oxygen atoms in total. The van der Waals surface area contributed by atoms with Crippen molar-refractivity contribution in [2.24, 2.45) is 16.6 Å². The molecule has 0 aromatic carbocycles. The molecule has 0 spiro atoms. The molecule has 0 rings (SSSR count). The number of nitrogens with two attached hydrogens (primary N) is 1. The van der Waals surface area contributed by atoms with Gasteiger partial charge in [-0.3, -0.25) is 4.99 Å². The number of aliphatic imine (C=N–C) groups is 1. The first-order valence-electron chi connectivity index (χ1n) is 5.64. The minimum Gasteiger partial charge on any atom is -0.370 e. The van der Waals surface area contributed by atoms with Gasteiger partial charge in [0.15, 0.2) is 5.96 Å². The van der Waals surface area contributed by atoms with Crippen molar-refractivity contribution < 1.29 is 0 Å². The SMILES string of the molecule is C#CCCCCN=C(N)NCCC(C)C. The predicted octanol–water partition coefficient (Wildman–Crippen LogP) is 1.74. The molecule has 0 unspecified atom stereocenters. The maximum atomic E-state index is 5.67. The molecule has 0 amide bonds. The fourth-order valence-electron chi connectivity index (χ4n) is 1.08. The van der Waals surface area contributed by atoms with Crippen LogP contribution < -0.4 is 11.1 Å². The molecule has 0 saturated heterocycles. The number of nitrogens with one attached hydrogen (secondary N) is 1. The van der Waals surface area contributed by atoms with E-state index in [1.54, 1.807) is 0 Å². The molecule has 15 heavy (non-hydrogen) atoms. The fourth-order valence-corrected chi connectivity index (χ4v) is 1.08. The zero-order valence-electron chi connectivity index (χ0n) is 9.92. The van der Waals surface area contributed by atoms with Gasteiger partial charge in [-0.25, -0.2) is 0 Å². The maximum Gasteiger partial charge on any atom is 0.188 e. The van der Waals surface area contributed by atoms with E-state index in [-0.39, 0.29) is 0 Å². The second-order valence-corrected chi connectivity index (χ2v) is 4.04. The highest BCUT2D eigenvalue weighted by Crippen LogP contribution is 1.96. The van der Waals surface area contributed by atoms with Crippen molar-refractivity contribution in [1.29, 1.82) is 0 Å². The van der Waals surface area contributed by atoms with Gasteiger partial charge in [0.1, 0.15) is 0 Å². The first-order chi connectivity index (χ1) is 7.16. The average molecular weight is 209 g/mol. The summed E-state index contributed by atoms with van der Waals surface area (Å²) in [6, 6.07) is 0. The van der Waals surface area contributed by atoms with Gasteiger partial charge in [0.05, 0.1) is 0 Å². The van der Waals surface area contributed by atoms with Crippen molar-refractivity contribution in [3.05, 3.63) is 0 Å². The van der Waals surface area contributed by atoms with Gasteiger partial charge in [0.2, 0.25) is 0 Å². The Kier molecular flexibility index (Phi) is 8.66. The predicted molar refractivity (Wildman–Crippen MR) is 66.6 cm³/mol. The summed E-state index contributed by atoms with van der Waals surface area (Å²) in [4.78, 5) is 4.21. The normalized spacial score (nSPS) is 11.5. The zero-order valence-corrected chi connectivity index (χ0v) is 9.92. The minimum absolute atomic E-state index is 0.552. The number of hydrogen-bond donors (Lipinski definition) is 2. The van der Waals surface area contributed by atoms with Crippen LogP contribution in [-0.4, -0.2) is 19.0 Å². The van der Waals surface area contributed by atoms with Crippen molar-refractivity contribution in [1.82, 2.24) is 5.32 Å². The molecular formula is C12H23N3. The Labute approximate surface area is 93.5 Å². The van der Waals surface area contributed by atoms with E-state index in [4.69, 9.17) is 12.2 Å². The highest BCUT2D eigenvalue weighted by Gasteiger charge is 1.94. The third kappa shape index (κ3) is 10.8. The van der Waals surface area contributed by atoms with E-state index >= 15 is 0 Å². The van der Waals surface area contributed by atoms with Crippen LogP contribution in [0.5, 0.6) is 0 Å². The summed E-state index contributed by atoms with van der Waals surface area (Å²) in [5, 5.41) is 3.09. The number of nitrogens with zero attached hydrogens (tertiary/aromatic N) is 1. The molecule has 0 heterocycles. The Balaban J connectivity index is 3.40. The molecule has 0 aliphatic carbocycles. The molecule has 0 aliphatic rings. The smallest absolute Gasteiger partial charge is 0.188 e. The molecule has 86 valence electrons. The largest absolute Gasteiger partial charge is 0.370 e. The first kappa shape index (κ1) is 13.8. The lowest BCUT2D eigenvalue weighted by molar-refractivity contribution is 0.576. The van der Waals surface area contributed by atoms with Gasteiger partial charge >= 0.3 is 0 Å². The Morgan fingerprint density at radius 3 is 2.80 bits per heavy atom. The topological polar surface area (TPSA) is 50.4 Å². The summed E-state index contributed by atoms with van der Waals surface area (Å²) in [7, 11) is 0. The molecule has 0 radical (unpaired) electrons. The Bertz CT molecular complexity index is 213. The van der Waals surface area contributed by atoms with Crippen LogP contribution >= 0.6 is 0 Å². The fraction of sp³-hybridized carbons (Fsp3) is 0.750. The van der Waals surface area contributed by atoms with Crippen molar-refractivity contribution >= 4 is 5.96 Å². The third-order valence-corrected chi connectivity index (χ3v) is 2.04. The lowest BCUT2D eigenvalue weighted by Crippen LogP contribution is -2.33. The quantitative estimate of drug-likeness (QED) is 0.290. The van der Waals surface area contributed by atoms with Gasteiger partial charge in [0, 0.05) is 19.5 Å². The van der Waals surface area contributed by atoms with Crippen molar-refractivity contribution in [3.8, 4) is 12.3 Å². The van der Waals surface area contributed by atoms with E-state index in [1.165, 1.54) is 0 Å². The van der Waals surface area contributed by atoms with Crippen LogP contribution in [0.3, 0.4) is 0 Å². The average Bonchev–Trinajstić information content (AvgIpc) is 2.17. The number of terminal acetylenes is 1. The number of guanidine groups is 1. The number of unbranched alkanes of at least 4 members (excludes halogenated alkanes) is 2. The monoisotopic (exact) mass is 209 g/mol. The van der Waals surface area contributed by atoms with Crippen molar-refractivity contribution in [3.63, 3.8) is 0 Å². The standard InChI is InChI=1S/C12H23N3/c1-4-5-6-7-9-14-12(13)15-10-8-11(2)3/h1,11H,5-10H2,2-3H3,(H3,13,14,15). The van der Waals surface area contributed by atoms with Crippen LogP contribution in [0.25, 0.3) is 0 Å². The third-order valence-electron chi connectivity index (χ3n) is 2.04. The number of rotatable bonds is 7. The second-order valence-electron chi connectivity index (χ2n) is 4.04. The highest BCUT2D eigenvalue weighted by atomic mass is 15.1. The van der Waals surface area contributed by atoms with Gasteiger partial charge in [-0.1, -0.05) is 13.8 Å². The van der Waals surface area contributed by atoms with E-state index < -0.39 is 0 Å². The summed E-state index contributed by atoms with van der Waals surface area (Å²) >= 11 is 0. The van der Waals surface area contributed by atoms with Gasteiger partial charge in [-0.05, 0) is 25.2 Å². The number of hydrogen-bond acceptors (Lipinski definition) is 1. The summed E-state index contributed by atoms with van der Waals surface area (Å²) in [6.45, 7) is 6.04. The molecule has 0 aromatic heterocycles. The summed E-state index contributed by atoms with van der Waals surface area (Å²) in [6.07, 6.45) is 9.13. The van der Waals surface area contributed by atoms with Crippen molar-refractivity contribution in [2.75, 3.05) is 13.1 Å². The highest BCUT2D eigenvalue weighted by molar-refractivity contribution is 5.77. The lowest BCUT2D eigenvalue weighted by Gasteiger charge is -2.07. The molecule has 3 heteroatoms.